The second-order valence-electron chi connectivity index (χ2n) is 5.89. The Hall–Kier alpha value is -4.19. The van der Waals surface area contributed by atoms with Crippen LogP contribution >= 0.6 is 0 Å². The Labute approximate surface area is 166 Å². The van der Waals surface area contributed by atoms with Gasteiger partial charge < -0.3 is 14.6 Å². The molecule has 0 aliphatic rings. The van der Waals surface area contributed by atoms with Crippen molar-refractivity contribution in [1.29, 1.82) is 5.26 Å². The molecule has 0 fully saturated rings. The topological polar surface area (TPSA) is 123 Å². The molecule has 2 aromatic carbocycles. The molecule has 29 heavy (non-hydrogen) atoms. The van der Waals surface area contributed by atoms with Gasteiger partial charge in [-0.2, -0.15) is 5.26 Å². The summed E-state index contributed by atoms with van der Waals surface area (Å²) in [6.45, 7) is 0.589. The molecule has 9 nitrogen and oxygen atoms in total. The highest BCUT2D eigenvalue weighted by Crippen LogP contribution is 2.21. The van der Waals surface area contributed by atoms with Crippen LogP contribution in [-0.2, 0) is 6.54 Å². The Bertz CT molecular complexity index is 1070. The summed E-state index contributed by atoms with van der Waals surface area (Å²) in [5, 5.41) is 28.5. The Balaban J connectivity index is 1.57. The number of aromatic carboxylic acids is 1. The van der Waals surface area contributed by atoms with Crippen LogP contribution in [0.4, 0.5) is 0 Å². The van der Waals surface area contributed by atoms with Gasteiger partial charge in [-0.25, -0.2) is 9.48 Å². The Morgan fingerprint density at radius 2 is 2.07 bits per heavy atom. The Morgan fingerprint density at radius 1 is 1.28 bits per heavy atom. The quantitative estimate of drug-likeness (QED) is 0.621. The predicted molar refractivity (Wildman–Crippen MR) is 103 cm³/mol. The molecule has 0 aliphatic carbocycles. The van der Waals surface area contributed by atoms with Gasteiger partial charge in [0.25, 0.3) is 5.82 Å². The minimum absolute atomic E-state index is 0.214. The van der Waals surface area contributed by atoms with Crippen LogP contribution < -0.4 is 9.47 Å². The van der Waals surface area contributed by atoms with Gasteiger partial charge in [0.15, 0.2) is 0 Å². The van der Waals surface area contributed by atoms with E-state index in [1.165, 1.54) is 4.68 Å². The average Bonchev–Trinajstić information content (AvgIpc) is 3.21. The van der Waals surface area contributed by atoms with E-state index < -0.39 is 5.97 Å². The zero-order valence-corrected chi connectivity index (χ0v) is 15.5. The lowest BCUT2D eigenvalue weighted by Crippen LogP contribution is -2.12. The van der Waals surface area contributed by atoms with Gasteiger partial charge in [0, 0.05) is 5.56 Å². The second-order valence-corrected chi connectivity index (χ2v) is 5.89. The lowest BCUT2D eigenvalue weighted by Gasteiger charge is -2.07. The van der Waals surface area contributed by atoms with Crippen LogP contribution in [0.15, 0.2) is 48.5 Å². The molecular formula is C20H17N5O4. The molecule has 0 saturated carbocycles. The maximum absolute atomic E-state index is 11.0. The summed E-state index contributed by atoms with van der Waals surface area (Å²) in [7, 11) is 1.56. The van der Waals surface area contributed by atoms with E-state index in [-0.39, 0.29) is 12.4 Å². The van der Waals surface area contributed by atoms with E-state index in [1.54, 1.807) is 31.4 Å². The summed E-state index contributed by atoms with van der Waals surface area (Å²) in [5.41, 5.74) is 2.22. The van der Waals surface area contributed by atoms with Crippen molar-refractivity contribution in [2.75, 3.05) is 13.7 Å². The number of carbonyl (C=O) groups is 1. The van der Waals surface area contributed by atoms with Gasteiger partial charge in [0.2, 0.25) is 0 Å². The number of ether oxygens (including phenoxy) is 2. The van der Waals surface area contributed by atoms with Crippen LogP contribution in [0.3, 0.4) is 0 Å². The zero-order chi connectivity index (χ0) is 20.6. The van der Waals surface area contributed by atoms with Crippen LogP contribution in [0.1, 0.15) is 27.3 Å². The van der Waals surface area contributed by atoms with E-state index in [1.807, 2.05) is 30.4 Å². The van der Waals surface area contributed by atoms with Gasteiger partial charge in [0.05, 0.1) is 25.3 Å². The number of hydrogen-bond donors (Lipinski definition) is 1. The monoisotopic (exact) mass is 391 g/mol. The molecule has 0 atom stereocenters. The molecule has 0 spiro atoms. The van der Waals surface area contributed by atoms with Gasteiger partial charge in [-0.3, -0.25) is 0 Å². The van der Waals surface area contributed by atoms with E-state index in [4.69, 9.17) is 19.8 Å². The molecule has 0 aliphatic heterocycles. The largest absolute Gasteiger partial charge is 0.496 e. The first-order chi connectivity index (χ1) is 14.1. The zero-order valence-electron chi connectivity index (χ0n) is 15.5. The van der Waals surface area contributed by atoms with Crippen LogP contribution in [0.2, 0.25) is 0 Å². The smallest absolute Gasteiger partial charge is 0.375 e. The number of hydrogen-bond acceptors (Lipinski definition) is 7. The van der Waals surface area contributed by atoms with E-state index in [2.05, 4.69) is 21.6 Å². The molecule has 3 aromatic rings. The summed E-state index contributed by atoms with van der Waals surface area (Å²) in [6, 6.07) is 14.5. The van der Waals surface area contributed by atoms with Crippen molar-refractivity contribution in [3.8, 4) is 17.6 Å². The first kappa shape index (κ1) is 19.6. The number of carboxylic acids is 1. The molecule has 3 rings (SSSR count). The van der Waals surface area contributed by atoms with Gasteiger partial charge >= 0.3 is 5.97 Å². The van der Waals surface area contributed by atoms with Crippen molar-refractivity contribution in [3.63, 3.8) is 0 Å². The maximum atomic E-state index is 11.0. The second kappa shape index (κ2) is 9.14. The van der Waals surface area contributed by atoms with E-state index in [0.29, 0.717) is 23.7 Å². The van der Waals surface area contributed by atoms with Gasteiger partial charge in [-0.05, 0) is 52.4 Å². The molecule has 0 radical (unpaired) electrons. The van der Waals surface area contributed by atoms with E-state index >= 15 is 0 Å². The molecule has 0 bridgehead atoms. The molecule has 1 N–H and O–H groups in total. The fraction of sp³-hybridized carbons (Fsp3) is 0.150. The molecule has 1 aromatic heterocycles. The predicted octanol–water partition coefficient (Wildman–Crippen LogP) is 2.39. The SMILES string of the molecule is COc1cc(C#N)ccc1/C=C/COc1ccc(Cn2nnnc2C(=O)O)cc1. The maximum Gasteiger partial charge on any atom is 0.375 e. The molecule has 9 heteroatoms. The molecule has 0 unspecified atom stereocenters. The number of rotatable bonds is 8. The summed E-state index contributed by atoms with van der Waals surface area (Å²) in [6.07, 6.45) is 3.71. The van der Waals surface area contributed by atoms with Crippen molar-refractivity contribution in [2.24, 2.45) is 0 Å². The van der Waals surface area contributed by atoms with Crippen LogP contribution in [0.25, 0.3) is 6.08 Å². The fourth-order valence-electron chi connectivity index (χ4n) is 2.57. The van der Waals surface area contributed by atoms with Crippen LogP contribution in [0, 0.1) is 11.3 Å². The molecule has 146 valence electrons. The molecule has 1 heterocycles. The summed E-state index contributed by atoms with van der Waals surface area (Å²) in [5.74, 6) is -0.109. The minimum atomic E-state index is -1.18. The number of nitriles is 1. The minimum Gasteiger partial charge on any atom is -0.496 e. The van der Waals surface area contributed by atoms with Crippen molar-refractivity contribution in [3.05, 3.63) is 71.1 Å². The highest BCUT2D eigenvalue weighted by molar-refractivity contribution is 5.83. The number of aromatic nitrogens is 4. The summed E-state index contributed by atoms with van der Waals surface area (Å²) < 4.78 is 12.2. The Kier molecular flexibility index (Phi) is 6.17. The van der Waals surface area contributed by atoms with Gasteiger partial charge in [0.1, 0.15) is 18.1 Å². The normalized spacial score (nSPS) is 10.6. The van der Waals surface area contributed by atoms with Crippen LogP contribution in [-0.4, -0.2) is 45.0 Å². The Morgan fingerprint density at radius 3 is 2.76 bits per heavy atom. The number of tetrazole rings is 1. The molecular weight excluding hydrogens is 374 g/mol. The van der Waals surface area contributed by atoms with Crippen molar-refractivity contribution < 1.29 is 19.4 Å². The third-order valence-electron chi connectivity index (χ3n) is 3.99. The highest BCUT2D eigenvalue weighted by Gasteiger charge is 2.13. The molecule has 0 saturated heterocycles. The first-order valence-electron chi connectivity index (χ1n) is 8.56. The number of carboxylic acid groups (broad SMARTS) is 1. The number of benzene rings is 2. The summed E-state index contributed by atoms with van der Waals surface area (Å²) in [4.78, 5) is 11.0. The number of nitrogens with zero attached hydrogens (tertiary/aromatic N) is 5. The third kappa shape index (κ3) is 4.95. The lowest BCUT2D eigenvalue weighted by atomic mass is 10.1. The van der Waals surface area contributed by atoms with Crippen molar-refractivity contribution in [1.82, 2.24) is 20.2 Å². The third-order valence-corrected chi connectivity index (χ3v) is 3.99. The fourth-order valence-corrected chi connectivity index (χ4v) is 2.57. The van der Waals surface area contributed by atoms with Crippen molar-refractivity contribution in [2.45, 2.75) is 6.54 Å². The lowest BCUT2D eigenvalue weighted by molar-refractivity contribution is 0.0677. The highest BCUT2D eigenvalue weighted by atomic mass is 16.5. The first-order valence-corrected chi connectivity index (χ1v) is 8.56. The molecule has 0 amide bonds. The van der Waals surface area contributed by atoms with E-state index in [0.717, 1.165) is 11.1 Å². The number of methoxy groups -OCH3 is 1. The van der Waals surface area contributed by atoms with Gasteiger partial charge in [-0.15, -0.1) is 5.10 Å². The summed E-state index contributed by atoms with van der Waals surface area (Å²) >= 11 is 0. The van der Waals surface area contributed by atoms with Crippen molar-refractivity contribution >= 4 is 12.0 Å². The van der Waals surface area contributed by atoms with E-state index in [9.17, 15) is 4.79 Å². The standard InChI is InChI=1S/C20H17N5O4/c1-28-18-11-15(12-21)4-7-16(18)3-2-10-29-17-8-5-14(6-9-17)13-25-19(20(26)27)22-23-24-25/h2-9,11H,10,13H2,1H3,(H,26,27)/b3-2+. The van der Waals surface area contributed by atoms with Crippen LogP contribution in [0.5, 0.6) is 11.5 Å². The van der Waals surface area contributed by atoms with Gasteiger partial charge in [-0.1, -0.05) is 18.2 Å². The average molecular weight is 391 g/mol.